The van der Waals surface area contributed by atoms with E-state index in [1.54, 1.807) is 6.07 Å². The van der Waals surface area contributed by atoms with Crippen LogP contribution >= 0.6 is 15.9 Å². The molecule has 1 aromatic rings. The summed E-state index contributed by atoms with van der Waals surface area (Å²) in [6, 6.07) is 5.06. The van der Waals surface area contributed by atoms with E-state index in [1.165, 1.54) is 6.07 Å². The molecule has 3 nitrogen and oxygen atoms in total. The van der Waals surface area contributed by atoms with E-state index in [2.05, 4.69) is 26.6 Å². The van der Waals surface area contributed by atoms with E-state index in [0.717, 1.165) is 18.4 Å². The summed E-state index contributed by atoms with van der Waals surface area (Å²) in [6.07, 6.45) is 2.16. The van der Waals surface area contributed by atoms with Gasteiger partial charge in [-0.1, -0.05) is 6.07 Å². The van der Waals surface area contributed by atoms with E-state index >= 15 is 0 Å². The highest BCUT2D eigenvalue weighted by Crippen LogP contribution is 2.19. The summed E-state index contributed by atoms with van der Waals surface area (Å²) in [6.45, 7) is 2.29. The SMILES string of the molecule is CC(NCc1ccc(Br)c(F)c1)C(=O)NC1CC1. The molecule has 0 aromatic heterocycles. The van der Waals surface area contributed by atoms with E-state index in [4.69, 9.17) is 0 Å². The van der Waals surface area contributed by atoms with Gasteiger partial charge in [0.05, 0.1) is 10.5 Å². The zero-order valence-electron chi connectivity index (χ0n) is 10.2. The molecule has 1 unspecified atom stereocenters. The van der Waals surface area contributed by atoms with Crippen molar-refractivity contribution in [2.45, 2.75) is 38.4 Å². The van der Waals surface area contributed by atoms with Crippen molar-refractivity contribution in [3.05, 3.63) is 34.1 Å². The van der Waals surface area contributed by atoms with Crippen LogP contribution in [0.4, 0.5) is 4.39 Å². The second kappa shape index (κ2) is 5.80. The van der Waals surface area contributed by atoms with Crippen molar-refractivity contribution in [2.24, 2.45) is 0 Å². The van der Waals surface area contributed by atoms with Crippen molar-refractivity contribution in [1.82, 2.24) is 10.6 Å². The van der Waals surface area contributed by atoms with Crippen LogP contribution in [0.25, 0.3) is 0 Å². The maximum atomic E-state index is 13.3. The normalized spacial score (nSPS) is 16.4. The highest BCUT2D eigenvalue weighted by Gasteiger charge is 2.25. The van der Waals surface area contributed by atoms with E-state index in [-0.39, 0.29) is 17.8 Å². The lowest BCUT2D eigenvalue weighted by atomic mass is 10.2. The topological polar surface area (TPSA) is 41.1 Å². The minimum absolute atomic E-state index is 0.00934. The number of hydrogen-bond donors (Lipinski definition) is 2. The Bertz CT molecular complexity index is 449. The van der Waals surface area contributed by atoms with Crippen molar-refractivity contribution >= 4 is 21.8 Å². The first kappa shape index (κ1) is 13.5. The van der Waals surface area contributed by atoms with Gasteiger partial charge in [0.1, 0.15) is 5.82 Å². The number of rotatable bonds is 5. The van der Waals surface area contributed by atoms with Crippen LogP contribution in [0, 0.1) is 5.82 Å². The molecule has 2 rings (SSSR count). The largest absolute Gasteiger partial charge is 0.352 e. The third-order valence-electron chi connectivity index (χ3n) is 2.91. The first-order valence-electron chi connectivity index (χ1n) is 6.04. The predicted octanol–water partition coefficient (Wildman–Crippen LogP) is 2.34. The molecule has 98 valence electrons. The van der Waals surface area contributed by atoms with Crippen LogP contribution in [0.3, 0.4) is 0 Å². The quantitative estimate of drug-likeness (QED) is 0.876. The first-order chi connectivity index (χ1) is 8.56. The summed E-state index contributed by atoms with van der Waals surface area (Å²) < 4.78 is 13.7. The Morgan fingerprint density at radius 3 is 2.89 bits per heavy atom. The van der Waals surface area contributed by atoms with E-state index in [0.29, 0.717) is 17.1 Å². The van der Waals surface area contributed by atoms with Crippen LogP contribution in [0.15, 0.2) is 22.7 Å². The summed E-state index contributed by atoms with van der Waals surface area (Å²) in [5.74, 6) is -0.278. The van der Waals surface area contributed by atoms with Crippen LogP contribution in [0.1, 0.15) is 25.3 Å². The molecule has 0 bridgehead atoms. The lowest BCUT2D eigenvalue weighted by Crippen LogP contribution is -2.42. The molecule has 1 fully saturated rings. The van der Waals surface area contributed by atoms with Gasteiger partial charge in [-0.2, -0.15) is 0 Å². The van der Waals surface area contributed by atoms with Crippen LogP contribution in [-0.4, -0.2) is 18.0 Å². The van der Waals surface area contributed by atoms with E-state index in [9.17, 15) is 9.18 Å². The van der Waals surface area contributed by atoms with Crippen LogP contribution < -0.4 is 10.6 Å². The number of carbonyl (C=O) groups is 1. The zero-order chi connectivity index (χ0) is 13.1. The Kier molecular flexibility index (Phi) is 4.35. The van der Waals surface area contributed by atoms with Crippen molar-refractivity contribution in [1.29, 1.82) is 0 Å². The molecular weight excluding hydrogens is 299 g/mol. The molecule has 0 spiro atoms. The third-order valence-corrected chi connectivity index (χ3v) is 3.56. The van der Waals surface area contributed by atoms with Gasteiger partial charge in [0.15, 0.2) is 0 Å². The molecule has 1 atom stereocenters. The van der Waals surface area contributed by atoms with Gasteiger partial charge in [-0.05, 0) is 53.4 Å². The van der Waals surface area contributed by atoms with Gasteiger partial charge in [-0.3, -0.25) is 4.79 Å². The number of halogens is 2. The van der Waals surface area contributed by atoms with Crippen molar-refractivity contribution < 1.29 is 9.18 Å². The molecular formula is C13H16BrFN2O. The molecule has 0 aliphatic heterocycles. The van der Waals surface area contributed by atoms with Crippen LogP contribution in [-0.2, 0) is 11.3 Å². The van der Waals surface area contributed by atoms with Gasteiger partial charge >= 0.3 is 0 Å². The van der Waals surface area contributed by atoms with Crippen molar-refractivity contribution in [3.63, 3.8) is 0 Å². The summed E-state index contributed by atoms with van der Waals surface area (Å²) in [5.41, 5.74) is 0.821. The molecule has 1 saturated carbocycles. The Morgan fingerprint density at radius 2 is 2.28 bits per heavy atom. The van der Waals surface area contributed by atoms with Crippen LogP contribution in [0.2, 0.25) is 0 Å². The van der Waals surface area contributed by atoms with Gasteiger partial charge in [0.2, 0.25) is 5.91 Å². The average molecular weight is 315 g/mol. The molecule has 1 aromatic carbocycles. The highest BCUT2D eigenvalue weighted by atomic mass is 79.9. The lowest BCUT2D eigenvalue weighted by Gasteiger charge is -2.13. The van der Waals surface area contributed by atoms with Gasteiger partial charge in [0.25, 0.3) is 0 Å². The summed E-state index contributed by atoms with van der Waals surface area (Å²) in [4.78, 5) is 11.7. The van der Waals surface area contributed by atoms with Gasteiger partial charge in [0, 0.05) is 12.6 Å². The van der Waals surface area contributed by atoms with Gasteiger partial charge < -0.3 is 10.6 Å². The second-order valence-corrected chi connectivity index (χ2v) is 5.49. The molecule has 1 amide bonds. The fourth-order valence-corrected chi connectivity index (χ4v) is 1.81. The Morgan fingerprint density at radius 1 is 1.56 bits per heavy atom. The molecule has 1 aliphatic carbocycles. The van der Waals surface area contributed by atoms with Crippen molar-refractivity contribution in [2.75, 3.05) is 0 Å². The van der Waals surface area contributed by atoms with Gasteiger partial charge in [-0.15, -0.1) is 0 Å². The number of hydrogen-bond acceptors (Lipinski definition) is 2. The minimum atomic E-state index is -0.288. The number of nitrogens with one attached hydrogen (secondary N) is 2. The van der Waals surface area contributed by atoms with Gasteiger partial charge in [-0.25, -0.2) is 4.39 Å². The van der Waals surface area contributed by atoms with Crippen LogP contribution in [0.5, 0.6) is 0 Å². The summed E-state index contributed by atoms with van der Waals surface area (Å²) >= 11 is 3.11. The first-order valence-corrected chi connectivity index (χ1v) is 6.83. The molecule has 0 heterocycles. The molecule has 5 heteroatoms. The molecule has 0 saturated heterocycles. The monoisotopic (exact) mass is 314 g/mol. The predicted molar refractivity (Wildman–Crippen MR) is 71.6 cm³/mol. The maximum absolute atomic E-state index is 13.3. The fraction of sp³-hybridized carbons (Fsp3) is 0.462. The molecule has 1 aliphatic rings. The minimum Gasteiger partial charge on any atom is -0.352 e. The van der Waals surface area contributed by atoms with Crippen molar-refractivity contribution in [3.8, 4) is 0 Å². The fourth-order valence-electron chi connectivity index (χ4n) is 1.57. The Hall–Kier alpha value is -0.940. The highest BCUT2D eigenvalue weighted by molar-refractivity contribution is 9.10. The lowest BCUT2D eigenvalue weighted by molar-refractivity contribution is -0.122. The number of benzene rings is 1. The summed E-state index contributed by atoms with van der Waals surface area (Å²) in [5, 5.41) is 6.01. The molecule has 2 N–H and O–H groups in total. The zero-order valence-corrected chi connectivity index (χ0v) is 11.8. The molecule has 0 radical (unpaired) electrons. The maximum Gasteiger partial charge on any atom is 0.237 e. The standard InChI is InChI=1S/C13H16BrFN2O/c1-8(13(18)17-10-3-4-10)16-7-9-2-5-11(14)12(15)6-9/h2,5-6,8,10,16H,3-4,7H2,1H3,(H,17,18). The summed E-state index contributed by atoms with van der Waals surface area (Å²) in [7, 11) is 0. The number of amides is 1. The second-order valence-electron chi connectivity index (χ2n) is 4.63. The van der Waals surface area contributed by atoms with E-state index in [1.807, 2.05) is 13.0 Å². The third kappa shape index (κ3) is 3.78. The smallest absolute Gasteiger partial charge is 0.237 e. The average Bonchev–Trinajstić information content (AvgIpc) is 3.14. The Balaban J connectivity index is 1.82. The van der Waals surface area contributed by atoms with E-state index < -0.39 is 0 Å². The number of carbonyl (C=O) groups excluding carboxylic acids is 1. The Labute approximate surface area is 114 Å². The molecule has 18 heavy (non-hydrogen) atoms.